The van der Waals surface area contributed by atoms with Gasteiger partial charge in [0.1, 0.15) is 0 Å². The highest BCUT2D eigenvalue weighted by Gasteiger charge is 2.49. The van der Waals surface area contributed by atoms with Crippen LogP contribution in [0.3, 0.4) is 0 Å². The molecule has 0 aromatic rings. The molecule has 0 aliphatic heterocycles. The Bertz CT molecular complexity index is 312. The Kier molecular flexibility index (Phi) is 5.24. The van der Waals surface area contributed by atoms with Gasteiger partial charge in [0.05, 0.1) is 6.61 Å². The van der Waals surface area contributed by atoms with E-state index >= 15 is 0 Å². The van der Waals surface area contributed by atoms with Gasteiger partial charge >= 0.3 is 5.97 Å². The number of rotatable bonds is 4. The van der Waals surface area contributed by atoms with Crippen molar-refractivity contribution < 1.29 is 14.0 Å². The van der Waals surface area contributed by atoms with E-state index in [9.17, 15) is 4.79 Å². The van der Waals surface area contributed by atoms with Crippen LogP contribution in [-0.4, -0.2) is 26.5 Å². The van der Waals surface area contributed by atoms with E-state index in [2.05, 4.69) is 33.9 Å². The van der Waals surface area contributed by atoms with E-state index in [1.54, 1.807) is 0 Å². The Labute approximate surface area is 119 Å². The molecule has 1 fully saturated rings. The summed E-state index contributed by atoms with van der Waals surface area (Å²) in [5.41, 5.74) is -0.669. The van der Waals surface area contributed by atoms with Gasteiger partial charge in [-0.2, -0.15) is 0 Å². The standard InChI is InChI=1S/C15H30O3Si/c1-7-17-13(16)15(11-9-8-10-12-15)18-19(5,6)14(2,3)4/h7-12H2,1-6H3. The molecule has 4 heteroatoms. The Morgan fingerprint density at radius 2 is 1.68 bits per heavy atom. The van der Waals surface area contributed by atoms with Gasteiger partial charge < -0.3 is 9.16 Å². The van der Waals surface area contributed by atoms with Crippen molar-refractivity contribution in [2.45, 2.75) is 83.5 Å². The third-order valence-corrected chi connectivity index (χ3v) is 9.08. The number of hydrogen-bond acceptors (Lipinski definition) is 3. The molecule has 1 rings (SSSR count). The van der Waals surface area contributed by atoms with Crippen molar-refractivity contribution in [1.29, 1.82) is 0 Å². The van der Waals surface area contributed by atoms with Gasteiger partial charge in [-0.1, -0.05) is 40.0 Å². The first kappa shape index (κ1) is 16.7. The van der Waals surface area contributed by atoms with Crippen molar-refractivity contribution in [2.24, 2.45) is 0 Å². The zero-order valence-corrected chi connectivity index (χ0v) is 14.5. The topological polar surface area (TPSA) is 35.5 Å². The zero-order chi connectivity index (χ0) is 14.7. The molecule has 0 unspecified atom stereocenters. The molecule has 0 heterocycles. The second-order valence-electron chi connectivity index (χ2n) is 7.14. The fourth-order valence-electron chi connectivity index (χ4n) is 2.37. The summed E-state index contributed by atoms with van der Waals surface area (Å²) in [6.45, 7) is 13.3. The van der Waals surface area contributed by atoms with Gasteiger partial charge in [0.2, 0.25) is 0 Å². The summed E-state index contributed by atoms with van der Waals surface area (Å²) in [5, 5.41) is 0.115. The van der Waals surface area contributed by atoms with Crippen molar-refractivity contribution in [3.63, 3.8) is 0 Å². The molecule has 0 spiro atoms. The second kappa shape index (κ2) is 5.96. The van der Waals surface area contributed by atoms with Crippen molar-refractivity contribution in [3.05, 3.63) is 0 Å². The number of hydrogen-bond donors (Lipinski definition) is 0. The molecule has 3 nitrogen and oxygen atoms in total. The van der Waals surface area contributed by atoms with Crippen LogP contribution in [0.5, 0.6) is 0 Å². The lowest BCUT2D eigenvalue weighted by molar-refractivity contribution is -0.166. The normalized spacial score (nSPS) is 20.1. The quantitative estimate of drug-likeness (QED) is 0.572. The number of carbonyl (C=O) groups is 1. The van der Waals surface area contributed by atoms with E-state index in [-0.39, 0.29) is 11.0 Å². The number of carbonyl (C=O) groups excluding carboxylic acids is 1. The van der Waals surface area contributed by atoms with Gasteiger partial charge in [-0.05, 0) is 37.9 Å². The van der Waals surface area contributed by atoms with Crippen LogP contribution in [0.2, 0.25) is 18.1 Å². The third kappa shape index (κ3) is 3.82. The number of ether oxygens (including phenoxy) is 1. The predicted octanol–water partition coefficient (Wildman–Crippen LogP) is 4.27. The van der Waals surface area contributed by atoms with Gasteiger partial charge in [0, 0.05) is 0 Å². The molecule has 0 amide bonds. The van der Waals surface area contributed by atoms with Crippen LogP contribution in [-0.2, 0) is 14.0 Å². The van der Waals surface area contributed by atoms with E-state index < -0.39 is 13.9 Å². The SMILES string of the molecule is CCOC(=O)C1(O[Si](C)(C)C(C)(C)C)CCCCC1. The summed E-state index contributed by atoms with van der Waals surface area (Å²) in [6, 6.07) is 0. The summed E-state index contributed by atoms with van der Waals surface area (Å²) in [7, 11) is -1.96. The molecule has 0 atom stereocenters. The largest absolute Gasteiger partial charge is 0.464 e. The molecule has 0 bridgehead atoms. The van der Waals surface area contributed by atoms with Gasteiger partial charge in [0.15, 0.2) is 13.9 Å². The molecule has 0 radical (unpaired) electrons. The van der Waals surface area contributed by atoms with Crippen LogP contribution in [0.15, 0.2) is 0 Å². The minimum atomic E-state index is -1.96. The molecule has 1 saturated carbocycles. The fourth-order valence-corrected chi connectivity index (χ4v) is 3.95. The van der Waals surface area contributed by atoms with Crippen LogP contribution >= 0.6 is 0 Å². The second-order valence-corrected chi connectivity index (χ2v) is 11.9. The highest BCUT2D eigenvalue weighted by atomic mass is 28.4. The molecule has 19 heavy (non-hydrogen) atoms. The van der Waals surface area contributed by atoms with Crippen molar-refractivity contribution in [3.8, 4) is 0 Å². The minimum absolute atomic E-state index is 0.115. The molecule has 1 aliphatic rings. The van der Waals surface area contributed by atoms with Gasteiger partial charge in [-0.25, -0.2) is 4.79 Å². The van der Waals surface area contributed by atoms with Crippen molar-refractivity contribution in [2.75, 3.05) is 6.61 Å². The molecule has 0 aromatic carbocycles. The molecule has 0 N–H and O–H groups in total. The summed E-state index contributed by atoms with van der Waals surface area (Å²) in [6.07, 6.45) is 4.96. The molecule has 0 saturated heterocycles. The molecule has 1 aliphatic carbocycles. The summed E-state index contributed by atoms with van der Waals surface area (Å²) in [5.74, 6) is -0.139. The highest BCUT2D eigenvalue weighted by molar-refractivity contribution is 6.74. The zero-order valence-electron chi connectivity index (χ0n) is 13.5. The maximum absolute atomic E-state index is 12.4. The first-order valence-electron chi connectivity index (χ1n) is 7.52. The average molecular weight is 286 g/mol. The lowest BCUT2D eigenvalue weighted by atomic mass is 9.85. The van der Waals surface area contributed by atoms with Crippen molar-refractivity contribution in [1.82, 2.24) is 0 Å². The highest BCUT2D eigenvalue weighted by Crippen LogP contribution is 2.43. The Morgan fingerprint density at radius 1 is 1.16 bits per heavy atom. The summed E-state index contributed by atoms with van der Waals surface area (Å²) in [4.78, 5) is 12.4. The van der Waals surface area contributed by atoms with E-state index in [0.717, 1.165) is 25.7 Å². The van der Waals surface area contributed by atoms with Gasteiger partial charge in [-0.3, -0.25) is 0 Å². The van der Waals surface area contributed by atoms with E-state index in [1.807, 2.05) is 6.92 Å². The first-order valence-corrected chi connectivity index (χ1v) is 10.4. The van der Waals surface area contributed by atoms with Crippen LogP contribution < -0.4 is 0 Å². The Hall–Kier alpha value is -0.353. The maximum atomic E-state index is 12.4. The fraction of sp³-hybridized carbons (Fsp3) is 0.933. The minimum Gasteiger partial charge on any atom is -0.464 e. The maximum Gasteiger partial charge on any atom is 0.337 e. The van der Waals surface area contributed by atoms with Gasteiger partial charge in [0.25, 0.3) is 0 Å². The molecule has 112 valence electrons. The van der Waals surface area contributed by atoms with E-state index in [0.29, 0.717) is 6.61 Å². The molecular weight excluding hydrogens is 256 g/mol. The summed E-state index contributed by atoms with van der Waals surface area (Å²) < 4.78 is 11.8. The van der Waals surface area contributed by atoms with Crippen LogP contribution in [0, 0.1) is 0 Å². The summed E-state index contributed by atoms with van der Waals surface area (Å²) >= 11 is 0. The average Bonchev–Trinajstić information content (AvgIpc) is 2.28. The Morgan fingerprint density at radius 3 is 2.11 bits per heavy atom. The first-order chi connectivity index (χ1) is 8.65. The van der Waals surface area contributed by atoms with Gasteiger partial charge in [-0.15, -0.1) is 0 Å². The van der Waals surface area contributed by atoms with Crippen molar-refractivity contribution >= 4 is 14.3 Å². The van der Waals surface area contributed by atoms with Crippen LogP contribution in [0.4, 0.5) is 0 Å². The van der Waals surface area contributed by atoms with Crippen LogP contribution in [0.25, 0.3) is 0 Å². The van der Waals surface area contributed by atoms with E-state index in [1.165, 1.54) is 6.42 Å². The van der Waals surface area contributed by atoms with Crippen LogP contribution in [0.1, 0.15) is 59.8 Å². The Balaban J connectivity index is 2.95. The smallest absolute Gasteiger partial charge is 0.337 e. The van der Waals surface area contributed by atoms with E-state index in [4.69, 9.17) is 9.16 Å². The predicted molar refractivity (Wildman–Crippen MR) is 80.7 cm³/mol. The molecule has 0 aromatic heterocycles. The lowest BCUT2D eigenvalue weighted by Gasteiger charge is -2.45. The third-order valence-electron chi connectivity index (χ3n) is 4.57. The molecular formula is C15H30O3Si. The lowest BCUT2D eigenvalue weighted by Crippen LogP contribution is -2.55. The monoisotopic (exact) mass is 286 g/mol. The number of esters is 1.